The number of carbonyl (C=O) groups excluding carboxylic acids is 2. The average molecular weight is 327 g/mol. The Bertz CT molecular complexity index is 696. The molecule has 1 fully saturated rings. The molecule has 0 bridgehead atoms. The molecule has 2 atom stereocenters. The highest BCUT2D eigenvalue weighted by Gasteiger charge is 2.49. The fraction of sp³-hybridized carbons (Fsp3) is 0.389. The molecule has 1 aliphatic heterocycles. The third-order valence-corrected chi connectivity index (χ3v) is 4.54. The molecule has 6 nitrogen and oxygen atoms in total. The number of nitrogens with one attached hydrogen (secondary N) is 1. The number of ether oxygens (including phenoxy) is 1. The number of amides is 3. The summed E-state index contributed by atoms with van der Waals surface area (Å²) in [4.78, 5) is 25.0. The zero-order valence-corrected chi connectivity index (χ0v) is 13.9. The van der Waals surface area contributed by atoms with Gasteiger partial charge < -0.3 is 10.1 Å². The molecule has 6 heteroatoms. The first-order valence-electron chi connectivity index (χ1n) is 8.05. The molecule has 0 radical (unpaired) electrons. The van der Waals surface area contributed by atoms with E-state index in [2.05, 4.69) is 22.6 Å². The molecular weight excluding hydrogens is 306 g/mol. The first kappa shape index (κ1) is 16.2. The van der Waals surface area contributed by atoms with Crippen LogP contribution < -0.4 is 10.1 Å². The van der Waals surface area contributed by atoms with E-state index >= 15 is 0 Å². The summed E-state index contributed by atoms with van der Waals surface area (Å²) in [5.74, 6) is 0.586. The predicted molar refractivity (Wildman–Crippen MR) is 90.7 cm³/mol. The molecule has 0 unspecified atom stereocenters. The number of rotatable bonds is 4. The summed E-state index contributed by atoms with van der Waals surface area (Å²) in [7, 11) is 1.58. The summed E-state index contributed by atoms with van der Waals surface area (Å²) >= 11 is 0. The number of urea groups is 1. The van der Waals surface area contributed by atoms with Crippen LogP contribution in [-0.4, -0.2) is 30.3 Å². The Morgan fingerprint density at radius 2 is 2.04 bits per heavy atom. The number of benzene rings is 1. The van der Waals surface area contributed by atoms with Gasteiger partial charge in [-0.1, -0.05) is 24.3 Å². The molecule has 1 aromatic rings. The molecule has 1 aromatic carbocycles. The van der Waals surface area contributed by atoms with E-state index in [0.29, 0.717) is 11.3 Å². The van der Waals surface area contributed by atoms with Crippen LogP contribution in [0.2, 0.25) is 0 Å². The van der Waals surface area contributed by atoms with Crippen LogP contribution in [0.15, 0.2) is 41.5 Å². The largest absolute Gasteiger partial charge is 0.497 e. The number of allylic oxidation sites excluding steroid dienone is 2. The number of hydrazone groups is 1. The van der Waals surface area contributed by atoms with Gasteiger partial charge in [0.05, 0.1) is 7.11 Å². The van der Waals surface area contributed by atoms with E-state index in [-0.39, 0.29) is 11.8 Å². The van der Waals surface area contributed by atoms with Gasteiger partial charge in [0.25, 0.3) is 5.91 Å². The second-order valence-corrected chi connectivity index (χ2v) is 6.21. The maximum absolute atomic E-state index is 12.7. The number of carbonyl (C=O) groups is 2. The molecule has 24 heavy (non-hydrogen) atoms. The van der Waals surface area contributed by atoms with E-state index in [9.17, 15) is 9.59 Å². The van der Waals surface area contributed by atoms with Crippen LogP contribution in [0.25, 0.3) is 0 Å². The second-order valence-electron chi connectivity index (χ2n) is 6.21. The number of nitrogens with zero attached hydrogens (tertiary/aromatic N) is 2. The van der Waals surface area contributed by atoms with Crippen molar-refractivity contribution < 1.29 is 14.3 Å². The first-order valence-corrected chi connectivity index (χ1v) is 8.05. The Morgan fingerprint density at radius 3 is 2.67 bits per heavy atom. The van der Waals surface area contributed by atoms with Gasteiger partial charge >= 0.3 is 6.03 Å². The summed E-state index contributed by atoms with van der Waals surface area (Å²) in [6.07, 6.45) is 8.83. The standard InChI is InChI=1S/C18H21N3O3/c1-18(14-8-10-15(24-2)11-9-14)16(22)21(17(23)20-18)19-12-13-6-4-3-5-7-13/h3-4,8-13H,5-7H2,1-2H3,(H,20,23)/b19-12-/t13-,18-/m1/s1. The normalized spacial score (nSPS) is 26.9. The van der Waals surface area contributed by atoms with Gasteiger partial charge in [0.1, 0.15) is 11.3 Å². The lowest BCUT2D eigenvalue weighted by molar-refractivity contribution is -0.131. The van der Waals surface area contributed by atoms with Gasteiger partial charge in [0.15, 0.2) is 0 Å². The fourth-order valence-corrected chi connectivity index (χ4v) is 2.96. The lowest BCUT2D eigenvalue weighted by Crippen LogP contribution is -2.40. The zero-order chi connectivity index (χ0) is 17.2. The molecule has 0 aromatic heterocycles. The summed E-state index contributed by atoms with van der Waals surface area (Å²) in [6, 6.07) is 6.58. The summed E-state index contributed by atoms with van der Waals surface area (Å²) in [5.41, 5.74) is -0.423. The zero-order valence-electron chi connectivity index (χ0n) is 13.9. The maximum atomic E-state index is 12.7. The Labute approximate surface area is 141 Å². The molecule has 3 rings (SSSR count). The number of hydrogen-bond acceptors (Lipinski definition) is 4. The third-order valence-electron chi connectivity index (χ3n) is 4.54. The summed E-state index contributed by atoms with van der Waals surface area (Å²) < 4.78 is 5.13. The molecule has 1 heterocycles. The highest BCUT2D eigenvalue weighted by atomic mass is 16.5. The predicted octanol–water partition coefficient (Wildman–Crippen LogP) is 2.80. The number of methoxy groups -OCH3 is 1. The minimum absolute atomic E-state index is 0.267. The molecule has 1 aliphatic carbocycles. The van der Waals surface area contributed by atoms with Crippen LogP contribution in [0.1, 0.15) is 31.7 Å². The van der Waals surface area contributed by atoms with Crippen LogP contribution in [0.5, 0.6) is 5.75 Å². The van der Waals surface area contributed by atoms with Crippen molar-refractivity contribution in [1.82, 2.24) is 10.3 Å². The van der Waals surface area contributed by atoms with Gasteiger partial charge in [-0.15, -0.1) is 5.01 Å². The molecule has 2 aliphatic rings. The Hall–Kier alpha value is -2.63. The minimum Gasteiger partial charge on any atom is -0.497 e. The highest BCUT2D eigenvalue weighted by Crippen LogP contribution is 2.30. The minimum atomic E-state index is -1.12. The number of hydrogen-bond donors (Lipinski definition) is 1. The van der Waals surface area contributed by atoms with Crippen LogP contribution in [-0.2, 0) is 10.3 Å². The van der Waals surface area contributed by atoms with E-state index in [1.807, 2.05) is 0 Å². The average Bonchev–Trinajstić information content (AvgIpc) is 2.84. The molecule has 3 amide bonds. The smallest absolute Gasteiger partial charge is 0.346 e. The fourth-order valence-electron chi connectivity index (χ4n) is 2.96. The quantitative estimate of drug-likeness (QED) is 0.525. The monoisotopic (exact) mass is 327 g/mol. The van der Waals surface area contributed by atoms with Crippen molar-refractivity contribution in [2.75, 3.05) is 7.11 Å². The van der Waals surface area contributed by atoms with E-state index in [1.54, 1.807) is 44.5 Å². The van der Waals surface area contributed by atoms with Crippen LogP contribution >= 0.6 is 0 Å². The molecule has 0 saturated carbocycles. The maximum Gasteiger partial charge on any atom is 0.346 e. The lowest BCUT2D eigenvalue weighted by Gasteiger charge is -2.21. The summed E-state index contributed by atoms with van der Waals surface area (Å²) in [6.45, 7) is 1.69. The molecule has 1 saturated heterocycles. The Kier molecular flexibility index (Phi) is 4.38. The van der Waals surface area contributed by atoms with Crippen molar-refractivity contribution in [2.24, 2.45) is 11.0 Å². The van der Waals surface area contributed by atoms with E-state index in [0.717, 1.165) is 24.3 Å². The van der Waals surface area contributed by atoms with E-state index in [1.165, 1.54) is 0 Å². The lowest BCUT2D eigenvalue weighted by atomic mass is 9.92. The number of imide groups is 1. The highest BCUT2D eigenvalue weighted by molar-refractivity contribution is 6.07. The molecule has 1 N–H and O–H groups in total. The summed E-state index contributed by atoms with van der Waals surface area (Å²) in [5, 5.41) is 7.83. The first-order chi connectivity index (χ1) is 11.5. The van der Waals surface area contributed by atoms with Crippen molar-refractivity contribution in [1.29, 1.82) is 0 Å². The molecule has 126 valence electrons. The third kappa shape index (κ3) is 2.91. The van der Waals surface area contributed by atoms with Crippen molar-refractivity contribution in [2.45, 2.75) is 31.7 Å². The van der Waals surface area contributed by atoms with Crippen molar-refractivity contribution in [3.63, 3.8) is 0 Å². The van der Waals surface area contributed by atoms with Gasteiger partial charge in [-0.3, -0.25) is 4.79 Å². The van der Waals surface area contributed by atoms with Gasteiger partial charge in [-0.25, -0.2) is 4.79 Å². The van der Waals surface area contributed by atoms with E-state index < -0.39 is 11.6 Å². The van der Waals surface area contributed by atoms with E-state index in [4.69, 9.17) is 4.74 Å². The second kappa shape index (κ2) is 6.47. The topological polar surface area (TPSA) is 71.0 Å². The Morgan fingerprint density at radius 1 is 1.29 bits per heavy atom. The van der Waals surface area contributed by atoms with Gasteiger partial charge in [0, 0.05) is 6.21 Å². The van der Waals surface area contributed by atoms with Crippen LogP contribution in [0.3, 0.4) is 0 Å². The van der Waals surface area contributed by atoms with Crippen molar-refractivity contribution >= 4 is 18.2 Å². The van der Waals surface area contributed by atoms with Gasteiger partial charge in [0.2, 0.25) is 0 Å². The molecular formula is C18H21N3O3. The van der Waals surface area contributed by atoms with Crippen LogP contribution in [0.4, 0.5) is 4.79 Å². The van der Waals surface area contributed by atoms with Gasteiger partial charge in [-0.05, 0) is 49.8 Å². The molecule has 0 spiro atoms. The Balaban J connectivity index is 1.79. The van der Waals surface area contributed by atoms with Gasteiger partial charge in [-0.2, -0.15) is 5.10 Å². The van der Waals surface area contributed by atoms with Crippen LogP contribution in [0, 0.1) is 5.92 Å². The SMILES string of the molecule is COc1ccc([C@@]2(C)NC(=O)N(/N=C\[C@@H]3CC=CCC3)C2=O)cc1. The van der Waals surface area contributed by atoms with Crippen molar-refractivity contribution in [3.05, 3.63) is 42.0 Å². The van der Waals surface area contributed by atoms with Crippen molar-refractivity contribution in [3.8, 4) is 5.75 Å².